The van der Waals surface area contributed by atoms with Crippen LogP contribution < -0.4 is 0 Å². The Bertz CT molecular complexity index is 432. The lowest BCUT2D eigenvalue weighted by atomic mass is 10.1. The van der Waals surface area contributed by atoms with Crippen molar-refractivity contribution in [2.75, 3.05) is 6.54 Å². The second-order valence-corrected chi connectivity index (χ2v) is 4.56. The Kier molecular flexibility index (Phi) is 4.67. The van der Waals surface area contributed by atoms with Crippen LogP contribution in [0.4, 0.5) is 4.39 Å². The second kappa shape index (κ2) is 5.82. The van der Waals surface area contributed by atoms with E-state index in [9.17, 15) is 14.3 Å². The van der Waals surface area contributed by atoms with Crippen LogP contribution in [0.15, 0.2) is 18.2 Å². The van der Waals surface area contributed by atoms with Gasteiger partial charge in [-0.15, -0.1) is 0 Å². The highest BCUT2D eigenvalue weighted by atomic mass is 19.1. The van der Waals surface area contributed by atoms with Crippen LogP contribution in [0.5, 0.6) is 5.75 Å². The smallest absolute Gasteiger partial charge is 0.257 e. The van der Waals surface area contributed by atoms with Crippen molar-refractivity contribution in [3.05, 3.63) is 29.6 Å². The van der Waals surface area contributed by atoms with Gasteiger partial charge < -0.3 is 15.1 Å². The molecule has 0 bridgehead atoms. The summed E-state index contributed by atoms with van der Waals surface area (Å²) in [6, 6.07) is 3.25. The summed E-state index contributed by atoms with van der Waals surface area (Å²) < 4.78 is 13.6. The molecule has 100 valence electrons. The van der Waals surface area contributed by atoms with Crippen molar-refractivity contribution in [1.29, 1.82) is 0 Å². The molecule has 0 saturated carbocycles. The summed E-state index contributed by atoms with van der Waals surface area (Å²) in [6.45, 7) is 5.28. The molecule has 0 spiro atoms. The van der Waals surface area contributed by atoms with Crippen LogP contribution in [0.2, 0.25) is 0 Å². The first-order chi connectivity index (χ1) is 8.32. The highest BCUT2D eigenvalue weighted by Gasteiger charge is 2.22. The van der Waals surface area contributed by atoms with Gasteiger partial charge in [0.1, 0.15) is 11.6 Å². The predicted molar refractivity (Wildman–Crippen MR) is 65.9 cm³/mol. The Morgan fingerprint density at radius 3 is 2.44 bits per heavy atom. The van der Waals surface area contributed by atoms with E-state index in [1.54, 1.807) is 20.8 Å². The Balaban J connectivity index is 3.02. The SMILES string of the molecule is CC(C)N(C[C@@H](C)O)C(=O)c1ccc(O)cc1F. The summed E-state index contributed by atoms with van der Waals surface area (Å²) in [5.41, 5.74) is -0.109. The zero-order valence-corrected chi connectivity index (χ0v) is 10.7. The fourth-order valence-electron chi connectivity index (χ4n) is 1.65. The van der Waals surface area contributed by atoms with E-state index in [4.69, 9.17) is 5.11 Å². The third-order valence-electron chi connectivity index (χ3n) is 2.53. The fraction of sp³-hybridized carbons (Fsp3) is 0.462. The molecule has 0 aromatic heterocycles. The number of amides is 1. The number of carbonyl (C=O) groups excluding carboxylic acids is 1. The summed E-state index contributed by atoms with van der Waals surface area (Å²) in [7, 11) is 0. The molecule has 1 atom stereocenters. The number of phenols is 1. The molecule has 1 aromatic rings. The zero-order chi connectivity index (χ0) is 13.9. The van der Waals surface area contributed by atoms with Gasteiger partial charge >= 0.3 is 0 Å². The average molecular weight is 255 g/mol. The number of phenolic OH excluding ortho intramolecular Hbond substituents is 1. The van der Waals surface area contributed by atoms with Crippen molar-refractivity contribution in [2.45, 2.75) is 32.9 Å². The van der Waals surface area contributed by atoms with E-state index < -0.39 is 17.8 Å². The molecule has 18 heavy (non-hydrogen) atoms. The molecule has 4 nitrogen and oxygen atoms in total. The van der Waals surface area contributed by atoms with Crippen molar-refractivity contribution < 1.29 is 19.4 Å². The quantitative estimate of drug-likeness (QED) is 0.862. The molecule has 5 heteroatoms. The normalized spacial score (nSPS) is 12.6. The molecule has 1 amide bonds. The maximum atomic E-state index is 13.6. The molecular formula is C13H18FNO3. The van der Waals surface area contributed by atoms with Gasteiger partial charge in [-0.3, -0.25) is 4.79 Å². The highest BCUT2D eigenvalue weighted by Crippen LogP contribution is 2.18. The lowest BCUT2D eigenvalue weighted by molar-refractivity contribution is 0.0574. The van der Waals surface area contributed by atoms with Crippen LogP contribution in [0.3, 0.4) is 0 Å². The number of carbonyl (C=O) groups is 1. The summed E-state index contributed by atoms with van der Waals surface area (Å²) in [5.74, 6) is -1.49. The van der Waals surface area contributed by atoms with Gasteiger partial charge in [-0.2, -0.15) is 0 Å². The number of aliphatic hydroxyl groups is 1. The number of aliphatic hydroxyl groups excluding tert-OH is 1. The van der Waals surface area contributed by atoms with Gasteiger partial charge in [0.15, 0.2) is 0 Å². The Morgan fingerprint density at radius 2 is 2.00 bits per heavy atom. The molecule has 0 aliphatic rings. The number of nitrogens with zero attached hydrogens (tertiary/aromatic N) is 1. The number of rotatable bonds is 4. The van der Waals surface area contributed by atoms with E-state index in [0.29, 0.717) is 0 Å². The predicted octanol–water partition coefficient (Wildman–Crippen LogP) is 1.76. The summed E-state index contributed by atoms with van der Waals surface area (Å²) in [5, 5.41) is 18.5. The Labute approximate surface area is 106 Å². The molecule has 1 aromatic carbocycles. The fourth-order valence-corrected chi connectivity index (χ4v) is 1.65. The first kappa shape index (κ1) is 14.4. The number of hydrogen-bond donors (Lipinski definition) is 2. The summed E-state index contributed by atoms with van der Waals surface area (Å²) in [6.07, 6.45) is -0.684. The molecule has 0 radical (unpaired) electrons. The maximum Gasteiger partial charge on any atom is 0.257 e. The van der Waals surface area contributed by atoms with Gasteiger partial charge in [0.2, 0.25) is 0 Å². The lowest BCUT2D eigenvalue weighted by Gasteiger charge is -2.28. The van der Waals surface area contributed by atoms with E-state index >= 15 is 0 Å². The van der Waals surface area contributed by atoms with Crippen LogP contribution in [0.25, 0.3) is 0 Å². The minimum Gasteiger partial charge on any atom is -0.508 e. The monoisotopic (exact) mass is 255 g/mol. The number of halogens is 1. The van der Waals surface area contributed by atoms with Gasteiger partial charge in [0.05, 0.1) is 11.7 Å². The van der Waals surface area contributed by atoms with Crippen LogP contribution in [-0.4, -0.2) is 39.7 Å². The van der Waals surface area contributed by atoms with E-state index in [0.717, 1.165) is 6.07 Å². The van der Waals surface area contributed by atoms with Crippen molar-refractivity contribution >= 4 is 5.91 Å². The molecule has 0 fully saturated rings. The summed E-state index contributed by atoms with van der Waals surface area (Å²) in [4.78, 5) is 13.5. The third kappa shape index (κ3) is 3.43. The average Bonchev–Trinajstić information content (AvgIpc) is 2.24. The van der Waals surface area contributed by atoms with E-state index in [1.165, 1.54) is 17.0 Å². The van der Waals surface area contributed by atoms with E-state index in [1.807, 2.05) is 0 Å². The second-order valence-electron chi connectivity index (χ2n) is 4.56. The molecule has 2 N–H and O–H groups in total. The van der Waals surface area contributed by atoms with Gasteiger partial charge in [-0.05, 0) is 32.9 Å². The van der Waals surface area contributed by atoms with E-state index in [-0.39, 0.29) is 23.9 Å². The molecular weight excluding hydrogens is 237 g/mol. The molecule has 0 aliphatic heterocycles. The standard InChI is InChI=1S/C13H18FNO3/c1-8(2)15(7-9(3)16)13(18)11-5-4-10(17)6-12(11)14/h4-6,8-9,16-17H,7H2,1-3H3/t9-/m1/s1. The van der Waals surface area contributed by atoms with E-state index in [2.05, 4.69) is 0 Å². The molecule has 1 rings (SSSR count). The molecule has 0 saturated heterocycles. The van der Waals surface area contributed by atoms with Crippen LogP contribution >= 0.6 is 0 Å². The zero-order valence-electron chi connectivity index (χ0n) is 10.7. The largest absolute Gasteiger partial charge is 0.508 e. The molecule has 0 unspecified atom stereocenters. The van der Waals surface area contributed by atoms with Crippen molar-refractivity contribution in [2.24, 2.45) is 0 Å². The first-order valence-electron chi connectivity index (χ1n) is 5.80. The molecule has 0 heterocycles. The van der Waals surface area contributed by atoms with Crippen LogP contribution in [-0.2, 0) is 0 Å². The topological polar surface area (TPSA) is 60.8 Å². The van der Waals surface area contributed by atoms with Crippen molar-refractivity contribution in [1.82, 2.24) is 4.90 Å². The number of aromatic hydroxyl groups is 1. The van der Waals surface area contributed by atoms with Gasteiger partial charge in [-0.1, -0.05) is 0 Å². The Morgan fingerprint density at radius 1 is 1.39 bits per heavy atom. The number of benzene rings is 1. The van der Waals surface area contributed by atoms with Crippen molar-refractivity contribution in [3.8, 4) is 5.75 Å². The lowest BCUT2D eigenvalue weighted by Crippen LogP contribution is -2.41. The van der Waals surface area contributed by atoms with Gasteiger partial charge in [0.25, 0.3) is 5.91 Å². The van der Waals surface area contributed by atoms with Crippen molar-refractivity contribution in [3.63, 3.8) is 0 Å². The maximum absolute atomic E-state index is 13.6. The van der Waals surface area contributed by atoms with Crippen LogP contribution in [0, 0.1) is 5.82 Å². The minimum atomic E-state index is -0.767. The number of hydrogen-bond acceptors (Lipinski definition) is 3. The third-order valence-corrected chi connectivity index (χ3v) is 2.53. The highest BCUT2D eigenvalue weighted by molar-refractivity contribution is 5.94. The van der Waals surface area contributed by atoms with Crippen LogP contribution in [0.1, 0.15) is 31.1 Å². The Hall–Kier alpha value is -1.62. The summed E-state index contributed by atoms with van der Waals surface area (Å²) >= 11 is 0. The first-order valence-corrected chi connectivity index (χ1v) is 5.80. The van der Waals surface area contributed by atoms with Gasteiger partial charge in [-0.25, -0.2) is 4.39 Å². The van der Waals surface area contributed by atoms with Gasteiger partial charge in [0, 0.05) is 18.7 Å². The molecule has 0 aliphatic carbocycles. The minimum absolute atomic E-state index is 0.109.